The number of nitrogens with zero attached hydrogens (tertiary/aromatic N) is 2. The molecule has 4 nitrogen and oxygen atoms in total. The Morgan fingerprint density at radius 3 is 2.85 bits per heavy atom. The summed E-state index contributed by atoms with van der Waals surface area (Å²) in [6.45, 7) is 6.18. The van der Waals surface area contributed by atoms with Crippen molar-refractivity contribution < 1.29 is 4.74 Å². The molecule has 0 bridgehead atoms. The topological polar surface area (TPSA) is 41.7 Å². The molecule has 2 N–H and O–H groups in total. The molecule has 0 aliphatic carbocycles. The summed E-state index contributed by atoms with van der Waals surface area (Å²) in [5.74, 6) is 0.784. The first-order valence-electron chi connectivity index (χ1n) is 7.09. The fraction of sp³-hybridized carbons (Fsp3) is 0.533. The van der Waals surface area contributed by atoms with Crippen molar-refractivity contribution in [2.24, 2.45) is 5.73 Å². The van der Waals surface area contributed by atoms with E-state index in [4.69, 9.17) is 22.7 Å². The predicted octanol–water partition coefficient (Wildman–Crippen LogP) is 1.34. The lowest BCUT2D eigenvalue weighted by Gasteiger charge is -2.20. The van der Waals surface area contributed by atoms with E-state index in [1.807, 2.05) is 24.3 Å². The number of ether oxygens (including phenoxy) is 1. The summed E-state index contributed by atoms with van der Waals surface area (Å²) in [7, 11) is 2.18. The molecule has 2 rings (SSSR count). The standard InChI is InChI=1S/C15H23N3OS/c1-17-7-4-8-18(10-9-17)11-12-19-14-6-3-2-5-13(14)15(16)20/h2-3,5-6H,4,7-12H2,1H3,(H2,16,20). The van der Waals surface area contributed by atoms with Crippen molar-refractivity contribution in [3.63, 3.8) is 0 Å². The molecule has 0 amide bonds. The summed E-state index contributed by atoms with van der Waals surface area (Å²) in [4.78, 5) is 5.22. The molecule has 0 aromatic heterocycles. The van der Waals surface area contributed by atoms with Gasteiger partial charge in [-0.15, -0.1) is 0 Å². The molecule has 1 aliphatic heterocycles. The van der Waals surface area contributed by atoms with Gasteiger partial charge in [-0.1, -0.05) is 24.4 Å². The average Bonchev–Trinajstić information content (AvgIpc) is 2.64. The van der Waals surface area contributed by atoms with E-state index < -0.39 is 0 Å². The zero-order valence-corrected chi connectivity index (χ0v) is 12.9. The number of benzene rings is 1. The van der Waals surface area contributed by atoms with Gasteiger partial charge in [0.1, 0.15) is 17.3 Å². The highest BCUT2D eigenvalue weighted by molar-refractivity contribution is 7.80. The van der Waals surface area contributed by atoms with Crippen molar-refractivity contribution >= 4 is 17.2 Å². The van der Waals surface area contributed by atoms with E-state index in [2.05, 4.69) is 16.8 Å². The Morgan fingerprint density at radius 1 is 1.25 bits per heavy atom. The maximum atomic E-state index is 5.85. The number of thiocarbonyl (C=S) groups is 1. The van der Waals surface area contributed by atoms with Crippen LogP contribution < -0.4 is 10.5 Å². The molecule has 5 heteroatoms. The molecule has 110 valence electrons. The van der Waals surface area contributed by atoms with Gasteiger partial charge in [-0.2, -0.15) is 0 Å². The summed E-state index contributed by atoms with van der Waals surface area (Å²) in [5.41, 5.74) is 6.52. The molecular formula is C15H23N3OS. The Balaban J connectivity index is 1.82. The third-order valence-electron chi connectivity index (χ3n) is 3.63. The van der Waals surface area contributed by atoms with Gasteiger partial charge >= 0.3 is 0 Å². The van der Waals surface area contributed by atoms with Crippen LogP contribution >= 0.6 is 12.2 Å². The lowest BCUT2D eigenvalue weighted by atomic mass is 10.2. The van der Waals surface area contributed by atoms with E-state index in [0.717, 1.165) is 37.5 Å². The number of nitrogens with two attached hydrogens (primary N) is 1. The number of para-hydroxylation sites is 1. The molecule has 1 aromatic rings. The van der Waals surface area contributed by atoms with Gasteiger partial charge in [0.05, 0.1) is 5.56 Å². The molecule has 1 heterocycles. The first kappa shape index (κ1) is 15.2. The normalized spacial score (nSPS) is 17.6. The van der Waals surface area contributed by atoms with Crippen LogP contribution in [0.25, 0.3) is 0 Å². The van der Waals surface area contributed by atoms with Crippen LogP contribution in [0, 0.1) is 0 Å². The van der Waals surface area contributed by atoms with Gasteiger partial charge in [0.2, 0.25) is 0 Å². The maximum Gasteiger partial charge on any atom is 0.129 e. The molecule has 0 atom stereocenters. The molecule has 1 aromatic carbocycles. The van der Waals surface area contributed by atoms with Crippen LogP contribution in [-0.4, -0.2) is 61.2 Å². The van der Waals surface area contributed by atoms with Crippen molar-refractivity contribution in [2.45, 2.75) is 6.42 Å². The first-order chi connectivity index (χ1) is 9.66. The minimum atomic E-state index is 0.386. The molecular weight excluding hydrogens is 270 g/mol. The van der Waals surface area contributed by atoms with Crippen molar-refractivity contribution in [3.05, 3.63) is 29.8 Å². The smallest absolute Gasteiger partial charge is 0.129 e. The van der Waals surface area contributed by atoms with Crippen LogP contribution in [0.5, 0.6) is 5.75 Å². The van der Waals surface area contributed by atoms with Crippen LogP contribution in [0.4, 0.5) is 0 Å². The highest BCUT2D eigenvalue weighted by Gasteiger charge is 2.12. The second-order valence-corrected chi connectivity index (χ2v) is 5.65. The molecule has 1 aliphatic rings. The Morgan fingerprint density at radius 2 is 2.05 bits per heavy atom. The van der Waals surface area contributed by atoms with E-state index in [-0.39, 0.29) is 0 Å². The average molecular weight is 293 g/mol. The Labute approximate surface area is 126 Å². The fourth-order valence-corrected chi connectivity index (χ4v) is 2.57. The van der Waals surface area contributed by atoms with Gasteiger partial charge in [0.25, 0.3) is 0 Å². The predicted molar refractivity (Wildman–Crippen MR) is 86.4 cm³/mol. The van der Waals surface area contributed by atoms with Gasteiger partial charge in [0, 0.05) is 19.6 Å². The summed E-state index contributed by atoms with van der Waals surface area (Å²) < 4.78 is 5.85. The lowest BCUT2D eigenvalue weighted by Crippen LogP contribution is -2.32. The highest BCUT2D eigenvalue weighted by Crippen LogP contribution is 2.17. The van der Waals surface area contributed by atoms with E-state index in [9.17, 15) is 0 Å². The molecule has 20 heavy (non-hydrogen) atoms. The zero-order chi connectivity index (χ0) is 14.4. The Bertz CT molecular complexity index is 452. The SMILES string of the molecule is CN1CCCN(CCOc2ccccc2C(N)=S)CC1. The monoisotopic (exact) mass is 293 g/mol. The largest absolute Gasteiger partial charge is 0.492 e. The van der Waals surface area contributed by atoms with Crippen LogP contribution in [0.15, 0.2) is 24.3 Å². The zero-order valence-electron chi connectivity index (χ0n) is 12.0. The Hall–Kier alpha value is -1.17. The third kappa shape index (κ3) is 4.44. The summed E-state index contributed by atoms with van der Waals surface area (Å²) in [6, 6.07) is 7.69. The molecule has 0 spiro atoms. The van der Waals surface area contributed by atoms with Crippen LogP contribution in [0.2, 0.25) is 0 Å². The number of likely N-dealkylation sites (N-methyl/N-ethyl adjacent to an activating group) is 1. The molecule has 0 unspecified atom stereocenters. The van der Waals surface area contributed by atoms with Crippen LogP contribution in [0.3, 0.4) is 0 Å². The van der Waals surface area contributed by atoms with E-state index in [1.165, 1.54) is 13.0 Å². The van der Waals surface area contributed by atoms with Crippen molar-refractivity contribution in [1.82, 2.24) is 9.80 Å². The quantitative estimate of drug-likeness (QED) is 0.830. The Kier molecular flexibility index (Phi) is 5.76. The molecule has 0 radical (unpaired) electrons. The fourth-order valence-electron chi connectivity index (χ4n) is 2.40. The van der Waals surface area contributed by atoms with Crippen molar-refractivity contribution in [1.29, 1.82) is 0 Å². The van der Waals surface area contributed by atoms with Gasteiger partial charge in [-0.05, 0) is 38.7 Å². The van der Waals surface area contributed by atoms with Gasteiger partial charge in [0.15, 0.2) is 0 Å². The van der Waals surface area contributed by atoms with E-state index >= 15 is 0 Å². The van der Waals surface area contributed by atoms with Crippen LogP contribution in [0.1, 0.15) is 12.0 Å². The molecule has 0 saturated carbocycles. The third-order valence-corrected chi connectivity index (χ3v) is 3.85. The molecule has 1 saturated heterocycles. The maximum absolute atomic E-state index is 5.85. The van der Waals surface area contributed by atoms with E-state index in [0.29, 0.717) is 11.6 Å². The lowest BCUT2D eigenvalue weighted by molar-refractivity contribution is 0.212. The van der Waals surface area contributed by atoms with Crippen molar-refractivity contribution in [3.8, 4) is 5.75 Å². The minimum absolute atomic E-state index is 0.386. The second kappa shape index (κ2) is 7.57. The van der Waals surface area contributed by atoms with Crippen LogP contribution in [-0.2, 0) is 0 Å². The summed E-state index contributed by atoms with van der Waals surface area (Å²) >= 11 is 5.04. The molecule has 1 fully saturated rings. The first-order valence-corrected chi connectivity index (χ1v) is 7.50. The van der Waals surface area contributed by atoms with E-state index in [1.54, 1.807) is 0 Å². The van der Waals surface area contributed by atoms with Gasteiger partial charge in [-0.25, -0.2) is 0 Å². The minimum Gasteiger partial charge on any atom is -0.492 e. The number of hydrogen-bond donors (Lipinski definition) is 1. The second-order valence-electron chi connectivity index (χ2n) is 5.21. The van der Waals surface area contributed by atoms with Gasteiger partial charge in [-0.3, -0.25) is 4.90 Å². The highest BCUT2D eigenvalue weighted by atomic mass is 32.1. The van der Waals surface area contributed by atoms with Gasteiger partial charge < -0.3 is 15.4 Å². The summed E-state index contributed by atoms with van der Waals surface area (Å²) in [6.07, 6.45) is 1.22. The number of hydrogen-bond acceptors (Lipinski definition) is 4. The number of rotatable bonds is 5. The van der Waals surface area contributed by atoms with Crippen molar-refractivity contribution in [2.75, 3.05) is 46.4 Å². The summed E-state index contributed by atoms with van der Waals surface area (Å²) in [5, 5.41) is 0.